The Bertz CT molecular complexity index is 1190. The Balaban J connectivity index is 1.70. The van der Waals surface area contributed by atoms with Gasteiger partial charge in [0.2, 0.25) is 5.91 Å². The smallest absolute Gasteiger partial charge is 0.337 e. The maximum absolute atomic E-state index is 12.6. The number of carbonyl (C=O) groups excluding carboxylic acids is 3. The van der Waals surface area contributed by atoms with Gasteiger partial charge in [-0.15, -0.1) is 0 Å². The Kier molecular flexibility index (Phi) is 6.95. The van der Waals surface area contributed by atoms with Gasteiger partial charge in [-0.2, -0.15) is 5.10 Å². The molecule has 1 unspecified atom stereocenters. The molecule has 0 aliphatic rings. The van der Waals surface area contributed by atoms with Crippen molar-refractivity contribution < 1.29 is 19.1 Å². The van der Waals surface area contributed by atoms with Crippen LogP contribution < -0.4 is 10.6 Å². The lowest BCUT2D eigenvalue weighted by atomic mass is 10.1. The molecule has 1 atom stereocenters. The fourth-order valence-corrected chi connectivity index (χ4v) is 3.42. The third-order valence-corrected chi connectivity index (χ3v) is 5.13. The van der Waals surface area contributed by atoms with Crippen LogP contribution in [-0.4, -0.2) is 34.7 Å². The van der Waals surface area contributed by atoms with Gasteiger partial charge in [0.05, 0.1) is 29.1 Å². The quantitative estimate of drug-likeness (QED) is 0.538. The number of carbonyl (C=O) groups is 3. The number of esters is 1. The predicted octanol–water partition coefficient (Wildman–Crippen LogP) is 4.39. The van der Waals surface area contributed by atoms with Crippen LogP contribution in [0.2, 0.25) is 5.02 Å². The lowest BCUT2D eigenvalue weighted by Gasteiger charge is -2.16. The minimum atomic E-state index is -0.530. The van der Waals surface area contributed by atoms with E-state index in [2.05, 4.69) is 20.5 Å². The fourth-order valence-electron chi connectivity index (χ4n) is 3.19. The molecule has 0 aliphatic carbocycles. The van der Waals surface area contributed by atoms with Gasteiger partial charge in [0.1, 0.15) is 6.04 Å². The van der Waals surface area contributed by atoms with Crippen molar-refractivity contribution in [2.45, 2.75) is 26.8 Å². The van der Waals surface area contributed by atoms with Gasteiger partial charge in [0.25, 0.3) is 5.91 Å². The van der Waals surface area contributed by atoms with Crippen LogP contribution >= 0.6 is 11.6 Å². The van der Waals surface area contributed by atoms with Gasteiger partial charge in [-0.1, -0.05) is 17.7 Å². The highest BCUT2D eigenvalue weighted by molar-refractivity contribution is 6.34. The number of hydrogen-bond donors (Lipinski definition) is 2. The lowest BCUT2D eigenvalue weighted by molar-refractivity contribution is -0.119. The molecule has 0 bridgehead atoms. The minimum Gasteiger partial charge on any atom is -0.465 e. The summed E-state index contributed by atoms with van der Waals surface area (Å²) in [5.74, 6) is -1.21. The van der Waals surface area contributed by atoms with E-state index in [0.717, 1.165) is 11.4 Å². The Morgan fingerprint density at radius 1 is 1.03 bits per heavy atom. The molecule has 2 amide bonds. The van der Waals surface area contributed by atoms with Gasteiger partial charge in [0.15, 0.2) is 0 Å². The molecule has 166 valence electrons. The molecule has 0 aliphatic heterocycles. The monoisotopic (exact) mass is 454 g/mol. The third-order valence-electron chi connectivity index (χ3n) is 4.82. The molecule has 0 fully saturated rings. The highest BCUT2D eigenvalue weighted by atomic mass is 35.5. The molecule has 32 heavy (non-hydrogen) atoms. The van der Waals surface area contributed by atoms with E-state index in [0.29, 0.717) is 16.9 Å². The van der Waals surface area contributed by atoms with Crippen LogP contribution in [0.1, 0.15) is 45.1 Å². The number of aryl methyl sites for hydroxylation is 2. The Morgan fingerprint density at radius 3 is 2.38 bits per heavy atom. The molecule has 2 N–H and O–H groups in total. The number of amides is 2. The second-order valence-electron chi connectivity index (χ2n) is 7.26. The van der Waals surface area contributed by atoms with Gasteiger partial charge in [-0.3, -0.25) is 14.3 Å². The first-order chi connectivity index (χ1) is 15.2. The third kappa shape index (κ3) is 5.15. The number of aromatic nitrogens is 2. The van der Waals surface area contributed by atoms with Crippen LogP contribution in [0.4, 0.5) is 11.4 Å². The van der Waals surface area contributed by atoms with Gasteiger partial charge in [-0.05, 0) is 63.2 Å². The Labute approximate surface area is 190 Å². The summed E-state index contributed by atoms with van der Waals surface area (Å²) in [6, 6.07) is 12.3. The summed E-state index contributed by atoms with van der Waals surface area (Å²) in [7, 11) is 1.27. The molecule has 1 heterocycles. The maximum atomic E-state index is 12.6. The molecule has 3 rings (SSSR count). The van der Waals surface area contributed by atoms with Crippen molar-refractivity contribution in [1.29, 1.82) is 0 Å². The average Bonchev–Trinajstić information content (AvgIpc) is 3.12. The van der Waals surface area contributed by atoms with E-state index in [4.69, 9.17) is 11.6 Å². The summed E-state index contributed by atoms with van der Waals surface area (Å²) in [6.07, 6.45) is 0. The lowest BCUT2D eigenvalue weighted by Crippen LogP contribution is -2.25. The van der Waals surface area contributed by atoms with Crippen molar-refractivity contribution in [3.63, 3.8) is 0 Å². The molecule has 3 aromatic rings. The molecular weight excluding hydrogens is 432 g/mol. The summed E-state index contributed by atoms with van der Waals surface area (Å²) in [5.41, 5.74) is 3.12. The maximum Gasteiger partial charge on any atom is 0.337 e. The zero-order valence-electron chi connectivity index (χ0n) is 18.1. The van der Waals surface area contributed by atoms with Crippen LogP contribution in [-0.2, 0) is 9.53 Å². The van der Waals surface area contributed by atoms with Gasteiger partial charge >= 0.3 is 5.97 Å². The molecular formula is C23H23ClN4O4. The summed E-state index contributed by atoms with van der Waals surface area (Å²) in [6.45, 7) is 5.50. The predicted molar refractivity (Wildman–Crippen MR) is 122 cm³/mol. The number of hydrogen-bond acceptors (Lipinski definition) is 5. The number of ether oxygens (including phenoxy) is 1. The van der Waals surface area contributed by atoms with E-state index in [1.807, 2.05) is 19.9 Å². The highest BCUT2D eigenvalue weighted by Gasteiger charge is 2.19. The van der Waals surface area contributed by atoms with E-state index >= 15 is 0 Å². The molecule has 0 spiro atoms. The number of nitrogens with zero attached hydrogens (tertiary/aromatic N) is 2. The number of rotatable bonds is 6. The number of nitrogens with one attached hydrogen (secondary N) is 2. The van der Waals surface area contributed by atoms with Crippen molar-refractivity contribution in [2.75, 3.05) is 17.7 Å². The first-order valence-corrected chi connectivity index (χ1v) is 10.2. The summed E-state index contributed by atoms with van der Waals surface area (Å²) in [5, 5.41) is 10.1. The van der Waals surface area contributed by atoms with Crippen molar-refractivity contribution in [1.82, 2.24) is 9.78 Å². The first-order valence-electron chi connectivity index (χ1n) is 9.82. The molecule has 0 radical (unpaired) electrons. The van der Waals surface area contributed by atoms with Gasteiger partial charge < -0.3 is 15.4 Å². The average molecular weight is 455 g/mol. The molecule has 9 heteroatoms. The second kappa shape index (κ2) is 9.65. The van der Waals surface area contributed by atoms with Crippen LogP contribution in [0.3, 0.4) is 0 Å². The summed E-state index contributed by atoms with van der Waals surface area (Å²) in [4.78, 5) is 36.9. The minimum absolute atomic E-state index is 0.264. The SMILES string of the molecule is COC(=O)c1cccc(C(=O)Nc2ccc(NC(=O)C(C)n3nc(C)cc3C)c(Cl)c2)c1. The topological polar surface area (TPSA) is 102 Å². The van der Waals surface area contributed by atoms with Crippen molar-refractivity contribution in [3.8, 4) is 0 Å². The van der Waals surface area contributed by atoms with Gasteiger partial charge in [-0.25, -0.2) is 4.79 Å². The summed E-state index contributed by atoms with van der Waals surface area (Å²) >= 11 is 6.32. The van der Waals surface area contributed by atoms with Crippen molar-refractivity contribution in [3.05, 3.63) is 76.1 Å². The number of methoxy groups -OCH3 is 1. The van der Waals surface area contributed by atoms with E-state index in [1.54, 1.807) is 41.9 Å². The zero-order valence-corrected chi connectivity index (χ0v) is 18.9. The van der Waals surface area contributed by atoms with E-state index in [-0.39, 0.29) is 16.5 Å². The van der Waals surface area contributed by atoms with Crippen molar-refractivity contribution >= 4 is 40.8 Å². The van der Waals surface area contributed by atoms with Gasteiger partial charge in [0, 0.05) is 16.9 Å². The largest absolute Gasteiger partial charge is 0.465 e. The number of benzene rings is 2. The van der Waals surface area contributed by atoms with Crippen molar-refractivity contribution in [2.24, 2.45) is 0 Å². The zero-order chi connectivity index (χ0) is 23.4. The van der Waals surface area contributed by atoms with Crippen LogP contribution in [0.25, 0.3) is 0 Å². The Hall–Kier alpha value is -3.65. The second-order valence-corrected chi connectivity index (χ2v) is 7.67. The first kappa shape index (κ1) is 23.0. The fraction of sp³-hybridized carbons (Fsp3) is 0.217. The molecule has 0 saturated heterocycles. The Morgan fingerprint density at radius 2 is 1.75 bits per heavy atom. The highest BCUT2D eigenvalue weighted by Crippen LogP contribution is 2.27. The molecule has 1 aromatic heterocycles. The van der Waals surface area contributed by atoms with Crippen LogP contribution in [0.5, 0.6) is 0 Å². The van der Waals surface area contributed by atoms with Crippen LogP contribution in [0.15, 0.2) is 48.5 Å². The van der Waals surface area contributed by atoms with Crippen LogP contribution in [0, 0.1) is 13.8 Å². The number of halogens is 1. The van der Waals surface area contributed by atoms with E-state index < -0.39 is 17.9 Å². The normalized spacial score (nSPS) is 11.5. The molecule has 8 nitrogen and oxygen atoms in total. The number of anilines is 2. The molecule has 0 saturated carbocycles. The van der Waals surface area contributed by atoms with E-state index in [9.17, 15) is 14.4 Å². The summed E-state index contributed by atoms with van der Waals surface area (Å²) < 4.78 is 6.32. The van der Waals surface area contributed by atoms with E-state index in [1.165, 1.54) is 19.2 Å². The standard InChI is InChI=1S/C23H23ClN4O4/c1-13-10-14(2)28(27-13)15(3)21(29)26-20-9-8-18(12-19(20)24)25-22(30)16-6-5-7-17(11-16)23(31)32-4/h5-12,15H,1-4H3,(H,25,30)(H,26,29). The molecule has 2 aromatic carbocycles.